The summed E-state index contributed by atoms with van der Waals surface area (Å²) in [6.07, 6.45) is 1.81. The first kappa shape index (κ1) is 24.2. The van der Waals surface area contributed by atoms with E-state index in [0.29, 0.717) is 5.69 Å². The molecule has 0 radical (unpaired) electrons. The number of nitrogens with one attached hydrogen (secondary N) is 2. The summed E-state index contributed by atoms with van der Waals surface area (Å²) in [6.45, 7) is 1.86. The van der Waals surface area contributed by atoms with Crippen molar-refractivity contribution in [2.75, 3.05) is 16.6 Å². The van der Waals surface area contributed by atoms with Gasteiger partial charge in [0.05, 0.1) is 18.3 Å². The van der Waals surface area contributed by atoms with Gasteiger partial charge in [0, 0.05) is 17.8 Å². The maximum Gasteiger partial charge on any atom is 0.408 e. The number of carbonyl (C=O) groups excluding carboxylic acids is 1. The second-order valence-electron chi connectivity index (χ2n) is 7.24. The molecule has 0 aliphatic heterocycles. The molecule has 0 bridgehead atoms. The second kappa shape index (κ2) is 9.56. The zero-order chi connectivity index (χ0) is 23.5. The number of rotatable bonds is 10. The summed E-state index contributed by atoms with van der Waals surface area (Å²) < 4.78 is 64.2. The van der Waals surface area contributed by atoms with Gasteiger partial charge in [-0.3, -0.25) is 9.52 Å². The van der Waals surface area contributed by atoms with Crippen molar-refractivity contribution in [2.24, 2.45) is 11.7 Å². The van der Waals surface area contributed by atoms with E-state index in [1.165, 1.54) is 45.6 Å². The molecule has 0 heterocycles. The molecule has 1 saturated carbocycles. The van der Waals surface area contributed by atoms with Crippen molar-refractivity contribution in [2.45, 2.75) is 36.6 Å². The minimum absolute atomic E-state index is 0.0155. The van der Waals surface area contributed by atoms with Crippen LogP contribution in [0.15, 0.2) is 47.4 Å². The molecule has 8 nitrogen and oxygen atoms in total. The lowest BCUT2D eigenvalue weighted by atomic mass is 10.2. The molecule has 12 heteroatoms. The summed E-state index contributed by atoms with van der Waals surface area (Å²) >= 11 is 0. The Balaban J connectivity index is 1.82. The lowest BCUT2D eigenvalue weighted by Gasteiger charge is -2.16. The van der Waals surface area contributed by atoms with Gasteiger partial charge in [-0.15, -0.1) is 0 Å². The monoisotopic (exact) mass is 487 g/mol. The first-order chi connectivity index (χ1) is 15.0. The number of sulfonamides is 1. The van der Waals surface area contributed by atoms with Crippen LogP contribution < -0.4 is 25.2 Å². The molecule has 0 spiro atoms. The molecular weight excluding hydrogens is 463 g/mol. The van der Waals surface area contributed by atoms with Crippen LogP contribution in [0.4, 0.5) is 20.2 Å². The molecule has 1 amide bonds. The molecule has 2 aromatic rings. The fourth-order valence-electron chi connectivity index (χ4n) is 2.96. The largest absolute Gasteiger partial charge is 0.492 e. The maximum atomic E-state index is 13.1. The summed E-state index contributed by atoms with van der Waals surface area (Å²) in [5, 5.41) is 2.67. The van der Waals surface area contributed by atoms with Crippen LogP contribution in [-0.4, -0.2) is 32.8 Å². The zero-order valence-electron chi connectivity index (χ0n) is 17.2. The first-order valence-electron chi connectivity index (χ1n) is 9.80. The number of carbonyl (C=O) groups is 1. The van der Waals surface area contributed by atoms with Crippen LogP contribution in [-0.2, 0) is 14.8 Å². The highest BCUT2D eigenvalue weighted by atomic mass is 32.2. The van der Waals surface area contributed by atoms with E-state index in [2.05, 4.69) is 14.8 Å². The predicted octanol–water partition coefficient (Wildman–Crippen LogP) is 3.37. The van der Waals surface area contributed by atoms with E-state index >= 15 is 0 Å². The summed E-state index contributed by atoms with van der Waals surface area (Å²) in [4.78, 5) is 12.1. The van der Waals surface area contributed by atoms with Crippen molar-refractivity contribution in [1.29, 1.82) is 0 Å². The van der Waals surface area contributed by atoms with E-state index in [1.807, 2.05) is 0 Å². The van der Waals surface area contributed by atoms with Crippen LogP contribution in [0.3, 0.4) is 0 Å². The van der Waals surface area contributed by atoms with Crippen molar-refractivity contribution < 1.29 is 31.5 Å². The van der Waals surface area contributed by atoms with Gasteiger partial charge in [0.1, 0.15) is 16.4 Å². The highest BCUT2D eigenvalue weighted by molar-refractivity contribution is 7.92. The van der Waals surface area contributed by atoms with E-state index < -0.39 is 21.9 Å². The Kier molecular flexibility index (Phi) is 7.22. The summed E-state index contributed by atoms with van der Waals surface area (Å²) in [6, 6.07) is 8.62. The standard InChI is InChI=1S/C20H24F2N3O5PS/c1-2-29-16-11-13(24-19(26)18(23)12-6-7-12)8-9-17(16)32(27,28)25-14-4-3-5-15(10-14)30-20(21,22)31/h3-5,8-12,18,25H,2,6-7,23,31H2,1H3,(H,24,26)/t18-/m0/s1. The third kappa shape index (κ3) is 6.51. The smallest absolute Gasteiger partial charge is 0.408 e. The van der Waals surface area contributed by atoms with Crippen LogP contribution in [0, 0.1) is 5.92 Å². The molecule has 2 atom stereocenters. The molecule has 2 aromatic carbocycles. The van der Waals surface area contributed by atoms with Gasteiger partial charge in [-0.05, 0) is 59.2 Å². The second-order valence-corrected chi connectivity index (χ2v) is 9.57. The van der Waals surface area contributed by atoms with Crippen LogP contribution in [0.2, 0.25) is 0 Å². The van der Waals surface area contributed by atoms with Crippen LogP contribution >= 0.6 is 9.24 Å². The Morgan fingerprint density at radius 3 is 2.59 bits per heavy atom. The van der Waals surface area contributed by atoms with Gasteiger partial charge in [-0.1, -0.05) is 6.07 Å². The number of halogens is 2. The normalized spacial score (nSPS) is 15.0. The number of alkyl halides is 2. The molecule has 1 unspecified atom stereocenters. The van der Waals surface area contributed by atoms with Crippen LogP contribution in [0.5, 0.6) is 11.5 Å². The molecule has 3 rings (SSSR count). The molecule has 0 saturated heterocycles. The van der Waals surface area contributed by atoms with E-state index in [9.17, 15) is 22.0 Å². The summed E-state index contributed by atoms with van der Waals surface area (Å²) in [5.41, 5.74) is 6.25. The number of anilines is 2. The topological polar surface area (TPSA) is 120 Å². The fourth-order valence-corrected chi connectivity index (χ4v) is 4.27. The summed E-state index contributed by atoms with van der Waals surface area (Å²) in [7, 11) is -2.91. The summed E-state index contributed by atoms with van der Waals surface area (Å²) in [5.74, 6) is -3.90. The molecule has 0 aromatic heterocycles. The average Bonchev–Trinajstić information content (AvgIpc) is 3.51. The van der Waals surface area contributed by atoms with Gasteiger partial charge < -0.3 is 20.5 Å². The molecule has 1 aliphatic rings. The Morgan fingerprint density at radius 2 is 1.97 bits per heavy atom. The zero-order valence-corrected chi connectivity index (χ0v) is 19.1. The Morgan fingerprint density at radius 1 is 1.25 bits per heavy atom. The quantitative estimate of drug-likeness (QED) is 0.442. The van der Waals surface area contributed by atoms with Crippen LogP contribution in [0.25, 0.3) is 0 Å². The SMILES string of the molecule is CCOc1cc(NC(=O)[C@@H](N)C2CC2)ccc1S(=O)(=O)Nc1cccc(OC(F)(F)P)c1. The lowest BCUT2D eigenvalue weighted by molar-refractivity contribution is -0.117. The number of amides is 1. The third-order valence-corrected chi connectivity index (χ3v) is 6.11. The fraction of sp³-hybridized carbons (Fsp3) is 0.350. The molecule has 4 N–H and O–H groups in total. The first-order valence-corrected chi connectivity index (χ1v) is 11.9. The lowest BCUT2D eigenvalue weighted by Crippen LogP contribution is -2.37. The van der Waals surface area contributed by atoms with Gasteiger partial charge in [0.2, 0.25) is 5.91 Å². The van der Waals surface area contributed by atoms with Crippen molar-refractivity contribution >= 4 is 36.5 Å². The van der Waals surface area contributed by atoms with E-state index in [1.54, 1.807) is 6.92 Å². The Hall–Kier alpha value is -2.49. The van der Waals surface area contributed by atoms with E-state index in [-0.39, 0.29) is 40.5 Å². The number of ether oxygens (including phenoxy) is 2. The third-order valence-electron chi connectivity index (χ3n) is 4.57. The highest BCUT2D eigenvalue weighted by Crippen LogP contribution is 2.34. The molecule has 1 aliphatic carbocycles. The predicted molar refractivity (Wildman–Crippen MR) is 119 cm³/mol. The number of hydrogen-bond acceptors (Lipinski definition) is 6. The van der Waals surface area contributed by atoms with Crippen molar-refractivity contribution in [3.63, 3.8) is 0 Å². The number of nitrogens with two attached hydrogens (primary N) is 1. The van der Waals surface area contributed by atoms with E-state index in [4.69, 9.17) is 10.5 Å². The number of benzene rings is 2. The van der Waals surface area contributed by atoms with Gasteiger partial charge in [-0.2, -0.15) is 8.78 Å². The molecular formula is C20H24F2N3O5PS. The molecule has 32 heavy (non-hydrogen) atoms. The Bertz CT molecular complexity index is 1090. The van der Waals surface area contributed by atoms with E-state index in [0.717, 1.165) is 18.9 Å². The minimum Gasteiger partial charge on any atom is -0.492 e. The maximum absolute atomic E-state index is 13.1. The van der Waals surface area contributed by atoms with Gasteiger partial charge in [0.15, 0.2) is 0 Å². The van der Waals surface area contributed by atoms with Gasteiger partial charge >= 0.3 is 5.85 Å². The van der Waals surface area contributed by atoms with Crippen molar-refractivity contribution in [1.82, 2.24) is 0 Å². The molecule has 1 fully saturated rings. The van der Waals surface area contributed by atoms with Crippen molar-refractivity contribution in [3.05, 3.63) is 42.5 Å². The molecule has 174 valence electrons. The van der Waals surface area contributed by atoms with Gasteiger partial charge in [-0.25, -0.2) is 8.42 Å². The van der Waals surface area contributed by atoms with Crippen molar-refractivity contribution in [3.8, 4) is 11.5 Å². The number of hydrogen-bond donors (Lipinski definition) is 3. The highest BCUT2D eigenvalue weighted by Gasteiger charge is 2.33. The Labute approximate surface area is 187 Å². The minimum atomic E-state index is -4.15. The van der Waals surface area contributed by atoms with Gasteiger partial charge in [0.25, 0.3) is 10.0 Å². The average molecular weight is 487 g/mol. The van der Waals surface area contributed by atoms with Crippen LogP contribution in [0.1, 0.15) is 19.8 Å².